The Morgan fingerprint density at radius 2 is 2.30 bits per heavy atom. The summed E-state index contributed by atoms with van der Waals surface area (Å²) in [5.74, 6) is -0.469. The fourth-order valence-corrected chi connectivity index (χ4v) is 2.39. The van der Waals surface area contributed by atoms with Crippen LogP contribution in [0.3, 0.4) is 0 Å². The zero-order chi connectivity index (χ0) is 14.7. The molecule has 0 radical (unpaired) electrons. The average molecular weight is 296 g/mol. The molecule has 0 aromatic carbocycles. The molecule has 1 fully saturated rings. The summed E-state index contributed by atoms with van der Waals surface area (Å²) in [5.41, 5.74) is 5.19. The third-order valence-electron chi connectivity index (χ3n) is 3.02. The van der Waals surface area contributed by atoms with Crippen LogP contribution >= 0.6 is 11.6 Å². The third-order valence-corrected chi connectivity index (χ3v) is 3.37. The standard InChI is InChI=1S/C12H14ClN5O2/c1-2-8(19)17-7-3-4-18(5-7)12-9(13)10(11(14)20)15-6-16-12/h2,6-7H,1,3-5H2,(H2,14,20)(H,17,19). The van der Waals surface area contributed by atoms with Gasteiger partial charge in [0.2, 0.25) is 5.91 Å². The van der Waals surface area contributed by atoms with Gasteiger partial charge >= 0.3 is 0 Å². The number of primary amides is 1. The lowest BCUT2D eigenvalue weighted by atomic mass is 10.2. The van der Waals surface area contributed by atoms with Crippen molar-refractivity contribution < 1.29 is 9.59 Å². The summed E-state index contributed by atoms with van der Waals surface area (Å²) in [6, 6.07) is -0.0106. The zero-order valence-electron chi connectivity index (χ0n) is 10.7. The first-order chi connectivity index (χ1) is 9.52. The largest absolute Gasteiger partial charge is 0.364 e. The van der Waals surface area contributed by atoms with Crippen LogP contribution in [-0.4, -0.2) is 40.9 Å². The fraction of sp³-hybridized carbons (Fsp3) is 0.333. The minimum Gasteiger partial charge on any atom is -0.364 e. The highest BCUT2D eigenvalue weighted by atomic mass is 35.5. The Labute approximate surface area is 120 Å². The molecule has 7 nitrogen and oxygen atoms in total. The topological polar surface area (TPSA) is 101 Å². The average Bonchev–Trinajstić information content (AvgIpc) is 2.86. The van der Waals surface area contributed by atoms with Crippen molar-refractivity contribution in [3.8, 4) is 0 Å². The van der Waals surface area contributed by atoms with Gasteiger partial charge in [-0.15, -0.1) is 0 Å². The number of halogens is 1. The van der Waals surface area contributed by atoms with Crippen molar-refractivity contribution in [2.75, 3.05) is 18.0 Å². The third kappa shape index (κ3) is 2.88. The number of rotatable bonds is 4. The van der Waals surface area contributed by atoms with E-state index in [1.165, 1.54) is 12.4 Å². The number of carbonyl (C=O) groups is 2. The number of nitrogens with one attached hydrogen (secondary N) is 1. The molecule has 2 amide bonds. The highest BCUT2D eigenvalue weighted by Crippen LogP contribution is 2.28. The molecule has 0 bridgehead atoms. The summed E-state index contributed by atoms with van der Waals surface area (Å²) in [4.78, 5) is 32.2. The van der Waals surface area contributed by atoms with Crippen LogP contribution in [0.25, 0.3) is 0 Å². The van der Waals surface area contributed by atoms with Gasteiger partial charge in [-0.2, -0.15) is 0 Å². The summed E-state index contributed by atoms with van der Waals surface area (Å²) >= 11 is 6.09. The van der Waals surface area contributed by atoms with Crippen molar-refractivity contribution in [2.45, 2.75) is 12.5 Å². The molecule has 1 aliphatic heterocycles. The van der Waals surface area contributed by atoms with Crippen molar-refractivity contribution >= 4 is 29.2 Å². The van der Waals surface area contributed by atoms with E-state index in [0.717, 1.165) is 6.42 Å². The zero-order valence-corrected chi connectivity index (χ0v) is 11.4. The van der Waals surface area contributed by atoms with E-state index in [2.05, 4.69) is 21.9 Å². The van der Waals surface area contributed by atoms with Crippen molar-refractivity contribution in [1.29, 1.82) is 0 Å². The van der Waals surface area contributed by atoms with Crippen LogP contribution in [0, 0.1) is 0 Å². The number of nitrogens with zero attached hydrogens (tertiary/aromatic N) is 3. The molecular formula is C12H14ClN5O2. The molecule has 3 N–H and O–H groups in total. The highest BCUT2D eigenvalue weighted by Gasteiger charge is 2.27. The second-order valence-corrected chi connectivity index (χ2v) is 4.75. The highest BCUT2D eigenvalue weighted by molar-refractivity contribution is 6.35. The van der Waals surface area contributed by atoms with Crippen LogP contribution in [0.2, 0.25) is 5.02 Å². The Bertz CT molecular complexity index is 563. The normalized spacial score (nSPS) is 17.9. The van der Waals surface area contributed by atoms with Crippen LogP contribution in [0.15, 0.2) is 19.0 Å². The van der Waals surface area contributed by atoms with Gasteiger partial charge in [0.25, 0.3) is 5.91 Å². The van der Waals surface area contributed by atoms with Crippen LogP contribution in [0.1, 0.15) is 16.9 Å². The Morgan fingerprint density at radius 3 is 2.95 bits per heavy atom. The van der Waals surface area contributed by atoms with Crippen molar-refractivity contribution in [1.82, 2.24) is 15.3 Å². The van der Waals surface area contributed by atoms with E-state index in [4.69, 9.17) is 17.3 Å². The van der Waals surface area contributed by atoms with Gasteiger partial charge in [-0.1, -0.05) is 18.2 Å². The lowest BCUT2D eigenvalue weighted by molar-refractivity contribution is -0.117. The molecule has 0 spiro atoms. The maximum atomic E-state index is 11.3. The van der Waals surface area contributed by atoms with Gasteiger partial charge in [0.15, 0.2) is 11.5 Å². The summed E-state index contributed by atoms with van der Waals surface area (Å²) in [6.07, 6.45) is 3.23. The molecule has 2 heterocycles. The minimum absolute atomic E-state index is 0.00440. The number of nitrogens with two attached hydrogens (primary N) is 1. The maximum Gasteiger partial charge on any atom is 0.269 e. The number of anilines is 1. The van der Waals surface area contributed by atoms with E-state index >= 15 is 0 Å². The molecule has 106 valence electrons. The first-order valence-corrected chi connectivity index (χ1v) is 6.39. The predicted octanol–water partition coefficient (Wildman–Crippen LogP) is 0.110. The van der Waals surface area contributed by atoms with Gasteiger partial charge in [-0.05, 0) is 12.5 Å². The van der Waals surface area contributed by atoms with Gasteiger partial charge < -0.3 is 16.0 Å². The Hall–Kier alpha value is -2.15. The minimum atomic E-state index is -0.700. The molecule has 20 heavy (non-hydrogen) atoms. The Balaban J connectivity index is 2.14. The number of amides is 2. The van der Waals surface area contributed by atoms with E-state index < -0.39 is 5.91 Å². The van der Waals surface area contributed by atoms with Crippen molar-refractivity contribution in [3.05, 3.63) is 29.7 Å². The van der Waals surface area contributed by atoms with E-state index in [1.54, 1.807) is 0 Å². The predicted molar refractivity (Wildman–Crippen MR) is 74.5 cm³/mol. The van der Waals surface area contributed by atoms with Gasteiger partial charge in [0.05, 0.1) is 0 Å². The van der Waals surface area contributed by atoms with E-state index in [1.807, 2.05) is 4.90 Å². The molecule has 0 saturated carbocycles. The summed E-state index contributed by atoms with van der Waals surface area (Å²) in [7, 11) is 0. The molecule has 1 aromatic rings. The SMILES string of the molecule is C=CC(=O)NC1CCN(c2ncnc(C(N)=O)c2Cl)C1. The van der Waals surface area contributed by atoms with E-state index in [9.17, 15) is 9.59 Å². The molecule has 1 saturated heterocycles. The Morgan fingerprint density at radius 1 is 1.55 bits per heavy atom. The summed E-state index contributed by atoms with van der Waals surface area (Å²) in [5, 5.41) is 2.94. The van der Waals surface area contributed by atoms with Crippen molar-refractivity contribution in [2.24, 2.45) is 5.73 Å². The molecule has 2 rings (SSSR count). The number of hydrogen-bond acceptors (Lipinski definition) is 5. The molecular weight excluding hydrogens is 282 g/mol. The molecule has 1 aliphatic rings. The smallest absolute Gasteiger partial charge is 0.269 e. The lowest BCUT2D eigenvalue weighted by Gasteiger charge is -2.19. The molecule has 0 aliphatic carbocycles. The monoisotopic (exact) mass is 295 g/mol. The quantitative estimate of drug-likeness (QED) is 0.768. The van der Waals surface area contributed by atoms with Crippen LogP contribution in [0.4, 0.5) is 5.82 Å². The van der Waals surface area contributed by atoms with Gasteiger partial charge in [-0.3, -0.25) is 9.59 Å². The van der Waals surface area contributed by atoms with Crippen LogP contribution in [-0.2, 0) is 4.79 Å². The molecule has 1 aromatic heterocycles. The summed E-state index contributed by atoms with van der Waals surface area (Å²) in [6.45, 7) is 4.62. The van der Waals surface area contributed by atoms with Crippen molar-refractivity contribution in [3.63, 3.8) is 0 Å². The van der Waals surface area contributed by atoms with Gasteiger partial charge in [0.1, 0.15) is 11.3 Å². The summed E-state index contributed by atoms with van der Waals surface area (Å²) < 4.78 is 0. The van der Waals surface area contributed by atoms with Gasteiger partial charge in [0, 0.05) is 19.1 Å². The Kier molecular flexibility index (Phi) is 4.19. The van der Waals surface area contributed by atoms with Crippen LogP contribution in [0.5, 0.6) is 0 Å². The second kappa shape index (κ2) is 5.87. The first-order valence-electron chi connectivity index (χ1n) is 6.01. The number of hydrogen-bond donors (Lipinski definition) is 2. The van der Waals surface area contributed by atoms with Crippen LogP contribution < -0.4 is 16.0 Å². The number of carbonyl (C=O) groups excluding carboxylic acids is 2. The second-order valence-electron chi connectivity index (χ2n) is 4.37. The maximum absolute atomic E-state index is 11.3. The first kappa shape index (κ1) is 14.3. The fourth-order valence-electron chi connectivity index (χ4n) is 2.08. The lowest BCUT2D eigenvalue weighted by Crippen LogP contribution is -2.36. The van der Waals surface area contributed by atoms with E-state index in [0.29, 0.717) is 18.9 Å². The number of aromatic nitrogens is 2. The van der Waals surface area contributed by atoms with Gasteiger partial charge in [-0.25, -0.2) is 9.97 Å². The van der Waals surface area contributed by atoms with E-state index in [-0.39, 0.29) is 22.7 Å². The molecule has 1 unspecified atom stereocenters. The molecule has 8 heteroatoms. The molecule has 1 atom stereocenters.